The Bertz CT molecular complexity index is 544. The Hall–Kier alpha value is -1.54. The van der Waals surface area contributed by atoms with E-state index in [1.165, 1.54) is 0 Å². The highest BCUT2D eigenvalue weighted by Crippen LogP contribution is 2.40. The molecule has 0 amide bonds. The van der Waals surface area contributed by atoms with Crippen LogP contribution in [0, 0.1) is 5.41 Å². The van der Waals surface area contributed by atoms with Gasteiger partial charge in [-0.15, -0.1) is 0 Å². The van der Waals surface area contributed by atoms with E-state index in [9.17, 15) is 0 Å². The molecule has 1 unspecified atom stereocenters. The minimum Gasteiger partial charge on any atom is -0.379 e. The largest absolute Gasteiger partial charge is 0.379 e. The van der Waals surface area contributed by atoms with E-state index < -0.39 is 0 Å². The number of anilines is 1. The Morgan fingerprint density at radius 2 is 1.67 bits per heavy atom. The maximum absolute atomic E-state index is 6.13. The van der Waals surface area contributed by atoms with E-state index >= 15 is 0 Å². The molecule has 1 aliphatic carbocycles. The average Bonchev–Trinajstić information content (AvgIpc) is 2.38. The molecular formula is C19H28N2. The van der Waals surface area contributed by atoms with Gasteiger partial charge in [0.05, 0.1) is 0 Å². The van der Waals surface area contributed by atoms with Crippen molar-refractivity contribution in [2.75, 3.05) is 5.32 Å². The summed E-state index contributed by atoms with van der Waals surface area (Å²) in [6.07, 6.45) is 9.86. The molecule has 0 aliphatic heterocycles. The minimum absolute atomic E-state index is 0.0337. The second kappa shape index (κ2) is 5.34. The third-order valence-corrected chi connectivity index (χ3v) is 4.77. The fourth-order valence-electron chi connectivity index (χ4n) is 2.68. The predicted octanol–water partition coefficient (Wildman–Crippen LogP) is 4.59. The lowest BCUT2D eigenvalue weighted by Crippen LogP contribution is -2.46. The average molecular weight is 284 g/mol. The zero-order chi connectivity index (χ0) is 15.7. The van der Waals surface area contributed by atoms with E-state index in [0.29, 0.717) is 0 Å². The Kier molecular flexibility index (Phi) is 4.03. The quantitative estimate of drug-likeness (QED) is 0.848. The third kappa shape index (κ3) is 3.38. The first-order valence-corrected chi connectivity index (χ1v) is 7.66. The highest BCUT2D eigenvalue weighted by atomic mass is 15.0. The summed E-state index contributed by atoms with van der Waals surface area (Å²) in [4.78, 5) is 0. The van der Waals surface area contributed by atoms with Crippen LogP contribution in [0.3, 0.4) is 0 Å². The van der Waals surface area contributed by atoms with Gasteiger partial charge in [-0.3, -0.25) is 0 Å². The van der Waals surface area contributed by atoms with Crippen molar-refractivity contribution in [2.45, 2.75) is 52.1 Å². The van der Waals surface area contributed by atoms with E-state index in [0.717, 1.165) is 17.7 Å². The molecule has 0 fully saturated rings. The molecular weight excluding hydrogens is 256 g/mol. The number of benzene rings is 1. The zero-order valence-electron chi connectivity index (χ0n) is 13.9. The first kappa shape index (κ1) is 15.8. The molecule has 0 saturated carbocycles. The smallest absolute Gasteiger partial charge is 0.0408 e. The van der Waals surface area contributed by atoms with Crippen LogP contribution in [0.25, 0.3) is 0 Å². The standard InChI is InChI=1S/C19H28N2/c1-17(2,20)15-9-11-16(12-10-15)21-18(3,4)19(5)13-7-6-8-14-19/h6-13,21H,14,20H2,1-5H3. The van der Waals surface area contributed by atoms with Crippen molar-refractivity contribution in [2.24, 2.45) is 11.1 Å². The molecule has 114 valence electrons. The van der Waals surface area contributed by atoms with Crippen LogP contribution in [-0.2, 0) is 5.54 Å². The first-order valence-electron chi connectivity index (χ1n) is 7.66. The Balaban J connectivity index is 2.17. The summed E-state index contributed by atoms with van der Waals surface area (Å²) in [5.41, 5.74) is 8.20. The number of hydrogen-bond donors (Lipinski definition) is 2. The van der Waals surface area contributed by atoms with Crippen LogP contribution in [0.5, 0.6) is 0 Å². The lowest BCUT2D eigenvalue weighted by molar-refractivity contribution is 0.269. The molecule has 0 bridgehead atoms. The van der Waals surface area contributed by atoms with E-state index in [1.54, 1.807) is 0 Å². The van der Waals surface area contributed by atoms with Gasteiger partial charge >= 0.3 is 0 Å². The lowest BCUT2D eigenvalue weighted by Gasteiger charge is -2.44. The molecule has 0 spiro atoms. The van der Waals surface area contributed by atoms with E-state index in [2.05, 4.69) is 74.7 Å². The highest BCUT2D eigenvalue weighted by Gasteiger charge is 2.38. The number of rotatable bonds is 4. The molecule has 1 atom stereocenters. The highest BCUT2D eigenvalue weighted by molar-refractivity contribution is 5.48. The van der Waals surface area contributed by atoms with Crippen LogP contribution in [0.1, 0.15) is 46.6 Å². The summed E-state index contributed by atoms with van der Waals surface area (Å²) in [7, 11) is 0. The van der Waals surface area contributed by atoms with Crippen LogP contribution < -0.4 is 11.1 Å². The molecule has 3 N–H and O–H groups in total. The van der Waals surface area contributed by atoms with Gasteiger partial charge in [0.15, 0.2) is 0 Å². The SMILES string of the molecule is CC(C)(N)c1ccc(NC(C)(C)C2(C)C=CC=CC2)cc1. The molecule has 21 heavy (non-hydrogen) atoms. The summed E-state index contributed by atoms with van der Waals surface area (Å²) >= 11 is 0. The normalized spacial score (nSPS) is 22.4. The van der Waals surface area contributed by atoms with Gasteiger partial charge in [-0.2, -0.15) is 0 Å². The van der Waals surface area contributed by atoms with Crippen molar-refractivity contribution in [1.82, 2.24) is 0 Å². The summed E-state index contributed by atoms with van der Waals surface area (Å²) < 4.78 is 0. The van der Waals surface area contributed by atoms with E-state index in [1.807, 2.05) is 13.8 Å². The summed E-state index contributed by atoms with van der Waals surface area (Å²) in [6.45, 7) is 10.9. The predicted molar refractivity (Wildman–Crippen MR) is 92.4 cm³/mol. The van der Waals surface area contributed by atoms with Gasteiger partial charge in [-0.1, -0.05) is 43.4 Å². The van der Waals surface area contributed by atoms with Gasteiger partial charge < -0.3 is 11.1 Å². The molecule has 1 aromatic rings. The molecule has 1 aromatic carbocycles. The van der Waals surface area contributed by atoms with Gasteiger partial charge in [-0.05, 0) is 51.8 Å². The molecule has 0 radical (unpaired) electrons. The summed E-state index contributed by atoms with van der Waals surface area (Å²) in [5, 5.41) is 3.68. The molecule has 0 saturated heterocycles. The molecule has 2 nitrogen and oxygen atoms in total. The van der Waals surface area contributed by atoms with Crippen molar-refractivity contribution < 1.29 is 0 Å². The fourth-order valence-corrected chi connectivity index (χ4v) is 2.68. The molecule has 2 heteroatoms. The molecule has 1 aliphatic rings. The maximum Gasteiger partial charge on any atom is 0.0408 e. The third-order valence-electron chi connectivity index (χ3n) is 4.77. The van der Waals surface area contributed by atoms with Gasteiger partial charge in [0.1, 0.15) is 0 Å². The van der Waals surface area contributed by atoms with Crippen LogP contribution in [0.4, 0.5) is 5.69 Å². The number of allylic oxidation sites excluding steroid dienone is 3. The van der Waals surface area contributed by atoms with E-state index in [4.69, 9.17) is 5.73 Å². The number of nitrogens with two attached hydrogens (primary N) is 1. The lowest BCUT2D eigenvalue weighted by atomic mass is 9.69. The first-order chi connectivity index (χ1) is 9.64. The van der Waals surface area contributed by atoms with Crippen molar-refractivity contribution in [3.05, 3.63) is 54.1 Å². The zero-order valence-corrected chi connectivity index (χ0v) is 13.9. The second-order valence-electron chi connectivity index (χ2n) is 7.46. The molecule has 2 rings (SSSR count). The van der Waals surface area contributed by atoms with Gasteiger partial charge in [0.2, 0.25) is 0 Å². The van der Waals surface area contributed by atoms with Crippen molar-refractivity contribution in [1.29, 1.82) is 0 Å². The monoisotopic (exact) mass is 284 g/mol. The van der Waals surface area contributed by atoms with Crippen LogP contribution in [-0.4, -0.2) is 5.54 Å². The Labute approximate surface area is 129 Å². The van der Waals surface area contributed by atoms with Crippen LogP contribution >= 0.6 is 0 Å². The fraction of sp³-hybridized carbons (Fsp3) is 0.474. The van der Waals surface area contributed by atoms with Crippen LogP contribution in [0.15, 0.2) is 48.6 Å². The molecule has 0 aromatic heterocycles. The summed E-state index contributed by atoms with van der Waals surface area (Å²) in [6, 6.07) is 8.46. The Morgan fingerprint density at radius 3 is 2.14 bits per heavy atom. The van der Waals surface area contributed by atoms with E-state index in [-0.39, 0.29) is 16.5 Å². The number of nitrogens with one attached hydrogen (secondary N) is 1. The van der Waals surface area contributed by atoms with Crippen molar-refractivity contribution >= 4 is 5.69 Å². The topological polar surface area (TPSA) is 38.0 Å². The number of hydrogen-bond acceptors (Lipinski definition) is 2. The maximum atomic E-state index is 6.13. The van der Waals surface area contributed by atoms with Crippen molar-refractivity contribution in [3.8, 4) is 0 Å². The Morgan fingerprint density at radius 1 is 1.05 bits per heavy atom. The van der Waals surface area contributed by atoms with Crippen LogP contribution in [0.2, 0.25) is 0 Å². The van der Waals surface area contributed by atoms with Gasteiger partial charge in [0.25, 0.3) is 0 Å². The molecule has 0 heterocycles. The summed E-state index contributed by atoms with van der Waals surface area (Å²) in [5.74, 6) is 0. The van der Waals surface area contributed by atoms with Crippen molar-refractivity contribution in [3.63, 3.8) is 0 Å². The second-order valence-corrected chi connectivity index (χ2v) is 7.46. The van der Waals surface area contributed by atoms with Gasteiger partial charge in [-0.25, -0.2) is 0 Å². The minimum atomic E-state index is -0.295. The van der Waals surface area contributed by atoms with Gasteiger partial charge in [0, 0.05) is 22.2 Å².